The van der Waals surface area contributed by atoms with Gasteiger partial charge in [-0.25, -0.2) is 24.9 Å². The minimum Gasteiger partial charge on any atom is -0.377 e. The predicted octanol–water partition coefficient (Wildman–Crippen LogP) is 25.4. The number of aromatic amines is 1. The SMILES string of the molecule is Cc1cc(Cl)c2c(n1)c(-c1ccc(Cl)cc1Cl)nn2CCCl.Cc1cc(Cl)c2n[nH]c(-c3ccc(Cl)cc3Cl)c2n1.Cc1cc(Cl)c2nn(CCCl)c(-c3ccc(Cl)cc3Cl)c2n1.Cc1cc2c3c(n1)c(-c1ccc(Cl)cc1Cl)nn3CCS2.Cc1cc2c3c(n1)c(-c1ccc(Cl)cc1Cl)nn3CCS2=O.ClCCCl.NC(N)=S. The highest BCUT2D eigenvalue weighted by Crippen LogP contribution is 2.43. The number of aryl methyl sites for hydroxylation is 9. The molecule has 0 fully saturated rings. The number of nitrogens with one attached hydrogen (secondary N) is 1. The second kappa shape index (κ2) is 39.9. The molecule has 0 bridgehead atoms. The smallest absolute Gasteiger partial charge is 0.160 e. The average molecular weight is 1930 g/mol. The third-order valence-corrected chi connectivity index (χ3v) is 23.5. The quantitative estimate of drug-likeness (QED) is 0.0853. The minimum absolute atomic E-state index is 0.000000000000000222. The lowest BCUT2D eigenvalue weighted by Crippen LogP contribution is -2.18. The highest BCUT2D eigenvalue weighted by Gasteiger charge is 2.28. The Labute approximate surface area is 751 Å². The van der Waals surface area contributed by atoms with E-state index in [1.165, 1.54) is 4.90 Å². The lowest BCUT2D eigenvalue weighted by Gasteiger charge is -2.13. The zero-order valence-electron chi connectivity index (χ0n) is 60.1. The van der Waals surface area contributed by atoms with E-state index < -0.39 is 10.8 Å². The Balaban J connectivity index is 0.000000137. The van der Waals surface area contributed by atoms with Crippen LogP contribution in [0, 0.1) is 34.6 Å². The van der Waals surface area contributed by atoms with Gasteiger partial charge in [-0.15, -0.1) is 58.2 Å². The predicted molar refractivity (Wildman–Crippen MR) is 486 cm³/mol. The van der Waals surface area contributed by atoms with Gasteiger partial charge in [0.15, 0.2) is 5.11 Å². The van der Waals surface area contributed by atoms with E-state index in [4.69, 9.17) is 207 Å². The number of thioether (sulfide) groups is 1. The molecule has 114 heavy (non-hydrogen) atoms. The Morgan fingerprint density at radius 2 is 0.816 bits per heavy atom. The van der Waals surface area contributed by atoms with Crippen LogP contribution in [0.25, 0.3) is 111 Å². The molecule has 2 aliphatic heterocycles. The van der Waals surface area contributed by atoms with Crippen LogP contribution in [0.5, 0.6) is 0 Å². The number of benzene rings is 5. The van der Waals surface area contributed by atoms with Crippen molar-refractivity contribution in [1.29, 1.82) is 0 Å². The maximum absolute atomic E-state index is 12.3. The van der Waals surface area contributed by atoms with Crippen LogP contribution >= 0.6 is 221 Å². The zero-order valence-corrected chi connectivity index (χ0v) is 75.4. The van der Waals surface area contributed by atoms with Crippen molar-refractivity contribution in [2.24, 2.45) is 11.5 Å². The zero-order chi connectivity index (χ0) is 82.3. The van der Waals surface area contributed by atoms with Crippen molar-refractivity contribution in [3.63, 3.8) is 0 Å². The summed E-state index contributed by atoms with van der Waals surface area (Å²) in [4.78, 5) is 25.0. The largest absolute Gasteiger partial charge is 0.377 e. The van der Waals surface area contributed by atoms with E-state index in [1.807, 2.05) is 104 Å². The normalized spacial score (nSPS) is 12.6. The fourth-order valence-corrected chi connectivity index (χ4v) is 18.2. The fourth-order valence-electron chi connectivity index (χ4n) is 12.1. The van der Waals surface area contributed by atoms with Crippen LogP contribution in [0.1, 0.15) is 28.5 Å². The van der Waals surface area contributed by atoms with Gasteiger partial charge >= 0.3 is 0 Å². The monoisotopic (exact) mass is 1920 g/mol. The fraction of sp³-hybridized carbons (Fsp3) is 0.197. The molecule has 5 aromatic carbocycles. The Bertz CT molecular complexity index is 6160. The van der Waals surface area contributed by atoms with Gasteiger partial charge in [0, 0.05) is 121 Å². The van der Waals surface area contributed by atoms with E-state index >= 15 is 0 Å². The van der Waals surface area contributed by atoms with Gasteiger partial charge in [0.1, 0.15) is 72.2 Å². The standard InChI is InChI=1S/2C15H11Cl4N3.C15H11Cl2N3OS.C15H11Cl2N3S.C13H8Cl3N3.C2H4Cl2.CH4N2S/c1-8-6-12(19)13-14(20-8)15(22(21-13)5-4-16)10-3-2-9(17)7-11(10)18;1-8-6-12(19)15-14(20-8)13(21-22(15)5-4-16)10-3-2-9(17)7-11(10)18;1-8-6-12-15-14(18-8)13(19-20(15)4-5-22(12)21)10-3-2-9(16)7-11(10)17;1-8-6-12-15-14(18-8)13(19-20(15)4-5-21-12)10-3-2-9(16)7-11(10)17;1-6-4-10(16)12-13(17-6)11(18-19-12)8-3-2-7(14)5-9(8)15;3-1-2-4;2-1(3)4/h3*2-3,6-7H,4-5H2,1H3;2-3,6-7H,4-5H2,1H3;2-5H,1H3,(H,18,19);1-2H2;(H4,2,3,4). The van der Waals surface area contributed by atoms with Gasteiger partial charge in [0.25, 0.3) is 0 Å². The van der Waals surface area contributed by atoms with Crippen LogP contribution in [0.2, 0.25) is 65.3 Å². The van der Waals surface area contributed by atoms with E-state index in [2.05, 4.69) is 75.2 Å². The first-order valence-corrected chi connectivity index (χ1v) is 43.6. The maximum atomic E-state index is 12.3. The Kier molecular flexibility index (Phi) is 31.2. The van der Waals surface area contributed by atoms with Crippen LogP contribution < -0.4 is 11.5 Å². The Morgan fingerprint density at radius 1 is 0.421 bits per heavy atom. The van der Waals surface area contributed by atoms with Crippen molar-refractivity contribution in [1.82, 2.24) is 74.2 Å². The van der Waals surface area contributed by atoms with E-state index in [0.29, 0.717) is 153 Å². The van der Waals surface area contributed by atoms with Crippen LogP contribution in [-0.4, -0.2) is 119 Å². The molecular weight excluding hydrogens is 1870 g/mol. The number of nitrogens with two attached hydrogens (primary N) is 2. The van der Waals surface area contributed by atoms with E-state index in [-0.39, 0.29) is 5.11 Å². The number of hydrogen-bond acceptors (Lipinski definition) is 13. The van der Waals surface area contributed by atoms with Crippen molar-refractivity contribution in [2.75, 3.05) is 35.0 Å². The molecule has 15 aromatic rings. The molecule has 0 saturated heterocycles. The number of aromatic nitrogens is 15. The second-order valence-electron chi connectivity index (χ2n) is 24.8. The highest BCUT2D eigenvalue weighted by atomic mass is 35.5. The van der Waals surface area contributed by atoms with Gasteiger partial charge in [0.05, 0.1) is 93.4 Å². The Morgan fingerprint density at radius 3 is 1.30 bits per heavy atom. The number of halogens is 17. The van der Waals surface area contributed by atoms with Crippen LogP contribution in [0.15, 0.2) is 131 Å². The molecule has 17 rings (SSSR count). The summed E-state index contributed by atoms with van der Waals surface area (Å²) < 4.78 is 19.7. The first kappa shape index (κ1) is 89.1. The second-order valence-corrected chi connectivity index (χ2v) is 34.9. The summed E-state index contributed by atoms with van der Waals surface area (Å²) in [5.41, 5.74) is 29.0. The minimum atomic E-state index is -1.01. The summed E-state index contributed by atoms with van der Waals surface area (Å²) in [5, 5.41) is 33.0. The lowest BCUT2D eigenvalue weighted by atomic mass is 10.1. The van der Waals surface area contributed by atoms with Gasteiger partial charge in [-0.2, -0.15) is 25.5 Å². The molecule has 0 spiro atoms. The molecule has 1 unspecified atom stereocenters. The van der Waals surface area contributed by atoms with Gasteiger partial charge < -0.3 is 11.5 Å². The first-order chi connectivity index (χ1) is 54.4. The number of thiocarbonyl (C=S) groups is 1. The Hall–Kier alpha value is -5.68. The molecule has 5 N–H and O–H groups in total. The molecule has 592 valence electrons. The van der Waals surface area contributed by atoms with E-state index in [1.54, 1.807) is 76.1 Å². The van der Waals surface area contributed by atoms with Gasteiger partial charge in [-0.05, 0) is 168 Å². The summed E-state index contributed by atoms with van der Waals surface area (Å²) in [6.45, 7) is 12.1. The van der Waals surface area contributed by atoms with Crippen molar-refractivity contribution >= 4 is 292 Å². The van der Waals surface area contributed by atoms with Crippen LogP contribution in [0.3, 0.4) is 0 Å². The van der Waals surface area contributed by atoms with Crippen LogP contribution in [0.4, 0.5) is 0 Å². The summed E-state index contributed by atoms with van der Waals surface area (Å²) in [7, 11) is -1.01. The first-order valence-electron chi connectivity index (χ1n) is 33.8. The number of nitrogens with zero attached hydrogens (tertiary/aromatic N) is 14. The molecule has 38 heteroatoms. The maximum Gasteiger partial charge on any atom is 0.160 e. The number of alkyl halides is 4. The van der Waals surface area contributed by atoms with Crippen LogP contribution in [-0.2, 0) is 37.0 Å². The molecule has 0 radical (unpaired) electrons. The lowest BCUT2D eigenvalue weighted by molar-refractivity contribution is 0.644. The third-order valence-electron chi connectivity index (χ3n) is 16.6. The molecule has 12 heterocycles. The molecular formula is C76H60Cl17N17OS3. The van der Waals surface area contributed by atoms with Gasteiger partial charge in [0.2, 0.25) is 0 Å². The number of fused-ring (bicyclic) bond motifs is 3. The number of hydrogen-bond donors (Lipinski definition) is 3. The summed E-state index contributed by atoms with van der Waals surface area (Å²) >= 11 is 108. The molecule has 0 amide bonds. The summed E-state index contributed by atoms with van der Waals surface area (Å²) in [6, 6.07) is 36.1. The van der Waals surface area contributed by atoms with Gasteiger partial charge in [-0.3, -0.25) is 28.0 Å². The summed E-state index contributed by atoms with van der Waals surface area (Å²) in [5.74, 6) is 3.56. The molecule has 10 aromatic heterocycles. The third kappa shape index (κ3) is 20.8. The average Bonchev–Trinajstić information content (AvgIpc) is 1.60. The highest BCUT2D eigenvalue weighted by molar-refractivity contribution is 7.99. The van der Waals surface area contributed by atoms with Crippen molar-refractivity contribution < 1.29 is 4.21 Å². The van der Waals surface area contributed by atoms with E-state index in [0.717, 1.165) is 118 Å². The van der Waals surface area contributed by atoms with Gasteiger partial charge in [-0.1, -0.05) is 151 Å². The van der Waals surface area contributed by atoms with Crippen molar-refractivity contribution in [3.05, 3.63) is 215 Å². The molecule has 0 saturated carbocycles. The van der Waals surface area contributed by atoms with Crippen molar-refractivity contribution in [3.8, 4) is 56.3 Å². The van der Waals surface area contributed by atoms with Crippen molar-refractivity contribution in [2.45, 2.75) is 70.6 Å². The molecule has 0 aliphatic carbocycles. The topological polar surface area (TPSA) is 234 Å². The number of pyridine rings is 5. The molecule has 2 aliphatic rings. The molecule has 1 atom stereocenters. The van der Waals surface area contributed by atoms with E-state index in [9.17, 15) is 4.21 Å². The number of H-pyrrole nitrogens is 1. The molecule has 18 nitrogen and oxygen atoms in total. The number of rotatable bonds is 10. The summed E-state index contributed by atoms with van der Waals surface area (Å²) in [6.07, 6.45) is 0.